The number of likely N-dealkylation sites (tertiary alicyclic amines) is 1. The molecule has 3 saturated heterocycles. The number of pyridine rings is 1. The third-order valence-electron chi connectivity index (χ3n) is 16.4. The van der Waals surface area contributed by atoms with Gasteiger partial charge in [0.15, 0.2) is 10.8 Å². The lowest BCUT2D eigenvalue weighted by Gasteiger charge is -2.36. The number of nitrogens with one attached hydrogen (secondary N) is 2. The average molecular weight is 1070 g/mol. The fourth-order valence-corrected chi connectivity index (χ4v) is 12.9. The molecule has 7 heterocycles. The highest BCUT2D eigenvalue weighted by Crippen LogP contribution is 2.38. The fourth-order valence-electron chi connectivity index (χ4n) is 12.0. The molecule has 4 aliphatic heterocycles. The van der Waals surface area contributed by atoms with Crippen LogP contribution in [-0.2, 0) is 34.3 Å². The molecule has 3 aromatic heterocycles. The summed E-state index contributed by atoms with van der Waals surface area (Å²) in [5.74, 6) is 1.31. The molecule has 3 fully saturated rings. The van der Waals surface area contributed by atoms with Crippen LogP contribution in [0.5, 0.6) is 5.75 Å². The maximum atomic E-state index is 14.1. The van der Waals surface area contributed by atoms with Gasteiger partial charge in [-0.2, -0.15) is 5.10 Å². The van der Waals surface area contributed by atoms with Crippen molar-refractivity contribution in [3.63, 3.8) is 0 Å². The molecule has 3 amide bonds. The summed E-state index contributed by atoms with van der Waals surface area (Å²) >= 11 is 1.45. The minimum Gasteiger partial charge on any atom is -0.493 e. The summed E-state index contributed by atoms with van der Waals surface area (Å²) in [5.41, 5.74) is 8.48. The minimum atomic E-state index is -0.728. The molecular formula is C62H71N9O6S. The summed E-state index contributed by atoms with van der Waals surface area (Å²) in [6.07, 6.45) is 9.72. The third kappa shape index (κ3) is 11.7. The van der Waals surface area contributed by atoms with Gasteiger partial charge in [0.05, 0.1) is 34.0 Å². The van der Waals surface area contributed by atoms with Gasteiger partial charge in [-0.3, -0.25) is 29.7 Å². The molecule has 4 aromatic carbocycles. The van der Waals surface area contributed by atoms with E-state index < -0.39 is 17.5 Å². The van der Waals surface area contributed by atoms with Crippen LogP contribution >= 0.6 is 11.3 Å². The molecule has 0 saturated carbocycles. The number of ether oxygens (including phenoxy) is 2. The van der Waals surface area contributed by atoms with Crippen LogP contribution in [0, 0.1) is 18.8 Å². The number of imide groups is 1. The highest BCUT2D eigenvalue weighted by atomic mass is 32.1. The highest BCUT2D eigenvalue weighted by Gasteiger charge is 2.33. The number of fused-ring (bicyclic) bond motifs is 3. The van der Waals surface area contributed by atoms with Crippen molar-refractivity contribution in [2.45, 2.75) is 110 Å². The number of benzene rings is 4. The Kier molecular flexibility index (Phi) is 15.4. The average Bonchev–Trinajstić information content (AvgIpc) is 4.10. The van der Waals surface area contributed by atoms with Crippen molar-refractivity contribution in [3.05, 3.63) is 125 Å². The minimum absolute atomic E-state index is 0.204. The van der Waals surface area contributed by atoms with E-state index in [0.717, 1.165) is 113 Å². The monoisotopic (exact) mass is 1070 g/mol. The quantitative estimate of drug-likeness (QED) is 0.0568. The van der Waals surface area contributed by atoms with Gasteiger partial charge in [-0.25, -0.2) is 14.8 Å². The van der Waals surface area contributed by atoms with Gasteiger partial charge in [-0.15, -0.1) is 0 Å². The number of thiazole rings is 1. The van der Waals surface area contributed by atoms with E-state index in [2.05, 4.69) is 54.6 Å². The number of aromatic nitrogens is 4. The first-order valence-electron chi connectivity index (χ1n) is 28.0. The molecule has 0 aliphatic carbocycles. The first kappa shape index (κ1) is 52.9. The molecule has 1 atom stereocenters. The largest absolute Gasteiger partial charge is 0.493 e. The van der Waals surface area contributed by atoms with Crippen LogP contribution in [0.15, 0.2) is 91.0 Å². The van der Waals surface area contributed by atoms with Crippen LogP contribution in [0.4, 0.5) is 16.6 Å². The molecule has 16 heteroatoms. The Labute approximate surface area is 460 Å². The van der Waals surface area contributed by atoms with E-state index in [1.54, 1.807) is 0 Å². The predicted molar refractivity (Wildman–Crippen MR) is 308 cm³/mol. The van der Waals surface area contributed by atoms with Crippen molar-refractivity contribution in [2.75, 3.05) is 61.0 Å². The third-order valence-corrected chi connectivity index (χ3v) is 17.3. The number of carbonyl (C=O) groups excluding carboxylic acids is 4. The van der Waals surface area contributed by atoms with Crippen LogP contribution < -0.4 is 25.2 Å². The summed E-state index contributed by atoms with van der Waals surface area (Å²) in [7, 11) is 1.93. The van der Waals surface area contributed by atoms with Gasteiger partial charge < -0.3 is 24.2 Å². The zero-order valence-electron chi connectivity index (χ0n) is 45.6. The van der Waals surface area contributed by atoms with Crippen molar-refractivity contribution in [2.24, 2.45) is 18.9 Å². The molecule has 406 valence electrons. The number of aryl methyl sites for hydroxylation is 1. The van der Waals surface area contributed by atoms with E-state index in [1.807, 2.05) is 106 Å². The van der Waals surface area contributed by atoms with E-state index >= 15 is 0 Å². The molecule has 78 heavy (non-hydrogen) atoms. The van der Waals surface area contributed by atoms with E-state index in [4.69, 9.17) is 19.6 Å². The number of para-hydroxylation sites is 1. The standard InChI is InChI=1S/C62H71N9O6S/c1-39-44(45-20-22-54(64-57(45)60(75)77-62(2,3)4)71-35-29-42-12-8-14-46(49(42)38-71)58(73)66-61-63-50-15-6-7-17-53(50)78-61)13-9-16-52(39)76-36-10-11-40-24-30-69(31-25-40)32-26-41-27-33-70(34-28-41)43-18-19-47-51(37-43)68(5)67-56(47)48-21-23-55(72)65-59(48)74/h6-9,12-20,22,37,40-41,48H,10-11,21,23-36,38H2,1-5H3,(H,63,66,73)(H,65,72,74). The number of anilines is 3. The Morgan fingerprint density at radius 2 is 1.59 bits per heavy atom. The molecular weight excluding hydrogens is 999 g/mol. The highest BCUT2D eigenvalue weighted by molar-refractivity contribution is 7.22. The lowest BCUT2D eigenvalue weighted by Crippen LogP contribution is -2.39. The number of esters is 1. The fraction of sp³-hybridized carbons (Fsp3) is 0.435. The van der Waals surface area contributed by atoms with Gasteiger partial charge in [-0.05, 0) is 194 Å². The Morgan fingerprint density at radius 3 is 2.38 bits per heavy atom. The zero-order chi connectivity index (χ0) is 54.1. The van der Waals surface area contributed by atoms with E-state index in [9.17, 15) is 19.2 Å². The SMILES string of the molecule is Cc1c(OCCCC2CCN(CCC3CCN(c4ccc5c(C6CCC(=O)NC6=O)nn(C)c5c4)CC3)CC2)cccc1-c1ccc(N2CCc3cccc(C(=O)Nc4nc5ccccc5s4)c3C2)nc1C(=O)OC(C)(C)C. The van der Waals surface area contributed by atoms with Gasteiger partial charge in [0, 0.05) is 61.8 Å². The first-order valence-corrected chi connectivity index (χ1v) is 28.8. The molecule has 11 rings (SSSR count). The molecule has 0 radical (unpaired) electrons. The number of nitrogens with zero attached hydrogens (tertiary/aromatic N) is 7. The molecule has 1 unspecified atom stereocenters. The van der Waals surface area contributed by atoms with E-state index in [-0.39, 0.29) is 23.4 Å². The predicted octanol–water partition coefficient (Wildman–Crippen LogP) is 11.0. The van der Waals surface area contributed by atoms with Crippen molar-refractivity contribution in [3.8, 4) is 16.9 Å². The summed E-state index contributed by atoms with van der Waals surface area (Å²) in [6.45, 7) is 14.9. The number of piperidine rings is 3. The van der Waals surface area contributed by atoms with Gasteiger partial charge in [0.2, 0.25) is 11.8 Å². The van der Waals surface area contributed by atoms with Crippen molar-refractivity contribution in [1.29, 1.82) is 0 Å². The van der Waals surface area contributed by atoms with Gasteiger partial charge in [0.25, 0.3) is 5.91 Å². The first-order chi connectivity index (χ1) is 37.7. The van der Waals surface area contributed by atoms with Crippen LogP contribution in [0.2, 0.25) is 0 Å². The Morgan fingerprint density at radius 1 is 0.808 bits per heavy atom. The van der Waals surface area contributed by atoms with E-state index in [0.29, 0.717) is 60.5 Å². The second-order valence-electron chi connectivity index (χ2n) is 22.8. The lowest BCUT2D eigenvalue weighted by molar-refractivity contribution is -0.134. The molecule has 4 aliphatic rings. The van der Waals surface area contributed by atoms with Crippen LogP contribution in [-0.4, -0.2) is 99.8 Å². The molecule has 7 aromatic rings. The van der Waals surface area contributed by atoms with Crippen LogP contribution in [0.3, 0.4) is 0 Å². The maximum absolute atomic E-state index is 14.1. The van der Waals surface area contributed by atoms with Crippen molar-refractivity contribution in [1.82, 2.24) is 30.0 Å². The lowest BCUT2D eigenvalue weighted by atomic mass is 9.90. The molecule has 15 nitrogen and oxygen atoms in total. The number of amides is 3. The topological polar surface area (TPSA) is 164 Å². The Bertz CT molecular complexity index is 3350. The van der Waals surface area contributed by atoms with Crippen LogP contribution in [0.1, 0.15) is 128 Å². The Hall–Kier alpha value is -7.17. The zero-order valence-corrected chi connectivity index (χ0v) is 46.4. The molecule has 0 bridgehead atoms. The molecule has 0 spiro atoms. The summed E-state index contributed by atoms with van der Waals surface area (Å²) < 4.78 is 15.4. The number of hydrogen-bond donors (Lipinski definition) is 2. The number of carbonyl (C=O) groups is 4. The van der Waals surface area contributed by atoms with Gasteiger partial charge >= 0.3 is 5.97 Å². The van der Waals surface area contributed by atoms with E-state index in [1.165, 1.54) is 49.1 Å². The summed E-state index contributed by atoms with van der Waals surface area (Å²) in [6, 6.07) is 30.2. The number of hydrogen-bond acceptors (Lipinski definition) is 13. The summed E-state index contributed by atoms with van der Waals surface area (Å²) in [4.78, 5) is 69.2. The summed E-state index contributed by atoms with van der Waals surface area (Å²) in [5, 5.41) is 11.8. The van der Waals surface area contributed by atoms with Gasteiger partial charge in [0.1, 0.15) is 17.2 Å². The second-order valence-corrected chi connectivity index (χ2v) is 23.8. The van der Waals surface area contributed by atoms with Gasteiger partial charge in [-0.1, -0.05) is 47.7 Å². The second kappa shape index (κ2) is 22.7. The molecule has 2 N–H and O–H groups in total. The van der Waals surface area contributed by atoms with Crippen molar-refractivity contribution < 1.29 is 28.7 Å². The smallest absolute Gasteiger partial charge is 0.358 e. The Balaban J connectivity index is 0.658. The van der Waals surface area contributed by atoms with Crippen LogP contribution in [0.25, 0.3) is 32.2 Å². The maximum Gasteiger partial charge on any atom is 0.358 e. The number of rotatable bonds is 15. The normalized spacial score (nSPS) is 17.8. The van der Waals surface area contributed by atoms with Crippen molar-refractivity contribution >= 4 is 72.8 Å².